The summed E-state index contributed by atoms with van der Waals surface area (Å²) in [7, 11) is 1.66. The number of hydrogen-bond acceptors (Lipinski definition) is 5. The Bertz CT molecular complexity index is 659. The SMILES string of the molecule is CCCCCCC(CC(C)=O)OC(=O)CC(CCCCSCc1ccc(CCCC)cc1)OC. The van der Waals surface area contributed by atoms with Crippen LogP contribution in [0.1, 0.15) is 109 Å². The molecular weight excluding hydrogens is 444 g/mol. The summed E-state index contributed by atoms with van der Waals surface area (Å²) < 4.78 is 11.2. The predicted molar refractivity (Wildman–Crippen MR) is 144 cm³/mol. The van der Waals surface area contributed by atoms with E-state index in [0.717, 1.165) is 56.5 Å². The minimum Gasteiger partial charge on any atom is -0.462 e. The van der Waals surface area contributed by atoms with Gasteiger partial charge in [-0.05, 0) is 62.3 Å². The molecule has 2 unspecified atom stereocenters. The number of ether oxygens (including phenoxy) is 2. The number of ketones is 1. The Kier molecular flexibility index (Phi) is 18.0. The summed E-state index contributed by atoms with van der Waals surface area (Å²) in [6.07, 6.45) is 12.0. The summed E-state index contributed by atoms with van der Waals surface area (Å²) in [5, 5.41) is 0. The van der Waals surface area contributed by atoms with Gasteiger partial charge >= 0.3 is 5.97 Å². The van der Waals surface area contributed by atoms with Crippen molar-refractivity contribution in [1.82, 2.24) is 0 Å². The molecule has 0 N–H and O–H groups in total. The van der Waals surface area contributed by atoms with Gasteiger partial charge in [0.05, 0.1) is 12.5 Å². The maximum atomic E-state index is 12.4. The average molecular weight is 493 g/mol. The smallest absolute Gasteiger partial charge is 0.308 e. The van der Waals surface area contributed by atoms with Gasteiger partial charge in [-0.25, -0.2) is 0 Å². The number of carbonyl (C=O) groups excluding carboxylic acids is 2. The number of aryl methyl sites for hydroxylation is 1. The van der Waals surface area contributed by atoms with Gasteiger partial charge in [-0.2, -0.15) is 11.8 Å². The second kappa shape index (κ2) is 19.9. The Morgan fingerprint density at radius 2 is 1.47 bits per heavy atom. The Morgan fingerprint density at radius 1 is 0.824 bits per heavy atom. The van der Waals surface area contributed by atoms with Gasteiger partial charge in [-0.3, -0.25) is 9.59 Å². The normalized spacial score (nSPS) is 12.9. The molecule has 2 atom stereocenters. The van der Waals surface area contributed by atoms with Crippen molar-refractivity contribution in [3.63, 3.8) is 0 Å². The monoisotopic (exact) mass is 492 g/mol. The lowest BCUT2D eigenvalue weighted by molar-refractivity contribution is -0.153. The van der Waals surface area contributed by atoms with Crippen LogP contribution in [0.2, 0.25) is 0 Å². The van der Waals surface area contributed by atoms with E-state index in [0.29, 0.717) is 6.42 Å². The molecule has 194 valence electrons. The molecule has 5 heteroatoms. The molecule has 0 aliphatic carbocycles. The third kappa shape index (κ3) is 15.5. The van der Waals surface area contributed by atoms with Crippen LogP contribution in [0.15, 0.2) is 24.3 Å². The standard InChI is InChI=1S/C29H48O4S/c1-5-7-9-10-15-28(21-24(3)30)33-29(31)22-27(32-4)14-11-12-20-34-23-26-18-16-25(17-19-26)13-8-6-2/h16-19,27-28H,5-15,20-23H2,1-4H3. The predicted octanol–water partition coefficient (Wildman–Crippen LogP) is 7.70. The molecular formula is C29H48O4S. The minimum atomic E-state index is -0.295. The van der Waals surface area contributed by atoms with Crippen LogP contribution >= 0.6 is 11.8 Å². The van der Waals surface area contributed by atoms with Crippen LogP contribution in [0.4, 0.5) is 0 Å². The Labute approximate surface area is 212 Å². The maximum absolute atomic E-state index is 12.4. The van der Waals surface area contributed by atoms with E-state index in [-0.39, 0.29) is 30.4 Å². The maximum Gasteiger partial charge on any atom is 0.308 e. The quantitative estimate of drug-likeness (QED) is 0.130. The lowest BCUT2D eigenvalue weighted by Gasteiger charge is -2.19. The van der Waals surface area contributed by atoms with Gasteiger partial charge in [0, 0.05) is 19.3 Å². The zero-order chi connectivity index (χ0) is 25.0. The lowest BCUT2D eigenvalue weighted by Crippen LogP contribution is -2.25. The highest BCUT2D eigenvalue weighted by Crippen LogP contribution is 2.18. The summed E-state index contributed by atoms with van der Waals surface area (Å²) in [6, 6.07) is 9.04. The first kappa shape index (κ1) is 30.7. The van der Waals surface area contributed by atoms with Gasteiger partial charge in [0.1, 0.15) is 11.9 Å². The van der Waals surface area contributed by atoms with Crippen molar-refractivity contribution >= 4 is 23.5 Å². The van der Waals surface area contributed by atoms with Crippen LogP contribution in [0.5, 0.6) is 0 Å². The molecule has 0 aliphatic rings. The van der Waals surface area contributed by atoms with Crippen LogP contribution in [0.3, 0.4) is 0 Å². The molecule has 1 aromatic rings. The topological polar surface area (TPSA) is 52.6 Å². The number of esters is 1. The highest BCUT2D eigenvalue weighted by atomic mass is 32.2. The van der Waals surface area contributed by atoms with Crippen molar-refractivity contribution in [2.24, 2.45) is 0 Å². The second-order valence-corrected chi connectivity index (χ2v) is 10.5. The summed E-state index contributed by atoms with van der Waals surface area (Å²) in [5.41, 5.74) is 2.82. The van der Waals surface area contributed by atoms with E-state index >= 15 is 0 Å². The van der Waals surface area contributed by atoms with Gasteiger partial charge in [0.2, 0.25) is 0 Å². The highest BCUT2D eigenvalue weighted by Gasteiger charge is 2.20. The molecule has 0 saturated carbocycles. The molecule has 0 aliphatic heterocycles. The Balaban J connectivity index is 2.24. The van der Waals surface area contributed by atoms with E-state index in [1.54, 1.807) is 14.0 Å². The fraction of sp³-hybridized carbons (Fsp3) is 0.724. The molecule has 1 aromatic carbocycles. The largest absolute Gasteiger partial charge is 0.462 e. The van der Waals surface area contributed by atoms with Crippen molar-refractivity contribution < 1.29 is 19.1 Å². The molecule has 0 amide bonds. The highest BCUT2D eigenvalue weighted by molar-refractivity contribution is 7.98. The lowest BCUT2D eigenvalue weighted by atomic mass is 10.0. The van der Waals surface area contributed by atoms with Crippen LogP contribution < -0.4 is 0 Å². The van der Waals surface area contributed by atoms with Crippen LogP contribution in [-0.4, -0.2) is 36.8 Å². The third-order valence-corrected chi connectivity index (χ3v) is 7.21. The molecule has 0 bridgehead atoms. The molecule has 0 spiro atoms. The van der Waals surface area contributed by atoms with Crippen LogP contribution in [0.25, 0.3) is 0 Å². The molecule has 0 aromatic heterocycles. The molecule has 0 heterocycles. The first-order chi connectivity index (χ1) is 16.5. The number of benzene rings is 1. The zero-order valence-corrected chi connectivity index (χ0v) is 22.9. The minimum absolute atomic E-state index is 0.0709. The second-order valence-electron chi connectivity index (χ2n) is 9.40. The van der Waals surface area contributed by atoms with E-state index in [4.69, 9.17) is 9.47 Å². The van der Waals surface area contributed by atoms with Crippen LogP contribution in [0, 0.1) is 0 Å². The van der Waals surface area contributed by atoms with Crippen molar-refractivity contribution in [1.29, 1.82) is 0 Å². The Hall–Kier alpha value is -1.33. The van der Waals surface area contributed by atoms with Gasteiger partial charge in [0.15, 0.2) is 0 Å². The van der Waals surface area contributed by atoms with E-state index in [1.165, 1.54) is 36.8 Å². The molecule has 0 saturated heterocycles. The first-order valence-electron chi connectivity index (χ1n) is 13.4. The average Bonchev–Trinajstić information content (AvgIpc) is 2.82. The number of thioether (sulfide) groups is 1. The van der Waals surface area contributed by atoms with E-state index in [1.807, 2.05) is 11.8 Å². The fourth-order valence-electron chi connectivity index (χ4n) is 3.99. The van der Waals surface area contributed by atoms with Gasteiger partial charge in [-0.15, -0.1) is 0 Å². The number of carbonyl (C=O) groups is 2. The Morgan fingerprint density at radius 3 is 2.12 bits per heavy atom. The molecule has 0 radical (unpaired) electrons. The van der Waals surface area contributed by atoms with Gasteiger partial charge in [0.25, 0.3) is 0 Å². The number of unbranched alkanes of at least 4 members (excludes halogenated alkanes) is 5. The third-order valence-electron chi connectivity index (χ3n) is 6.10. The summed E-state index contributed by atoms with van der Waals surface area (Å²) in [4.78, 5) is 24.0. The molecule has 34 heavy (non-hydrogen) atoms. The van der Waals surface area contributed by atoms with E-state index in [9.17, 15) is 9.59 Å². The van der Waals surface area contributed by atoms with Crippen molar-refractivity contribution in [3.8, 4) is 0 Å². The fourth-order valence-corrected chi connectivity index (χ4v) is 4.98. The van der Waals surface area contributed by atoms with Gasteiger partial charge < -0.3 is 9.47 Å². The molecule has 0 fully saturated rings. The van der Waals surface area contributed by atoms with E-state index < -0.39 is 0 Å². The first-order valence-corrected chi connectivity index (χ1v) is 14.5. The number of methoxy groups -OCH3 is 1. The number of Topliss-reactive ketones (excluding diaryl/α,β-unsaturated/α-hetero) is 1. The number of hydrogen-bond donors (Lipinski definition) is 0. The zero-order valence-electron chi connectivity index (χ0n) is 22.1. The number of rotatable bonds is 21. The summed E-state index contributed by atoms with van der Waals surface area (Å²) in [6.45, 7) is 5.96. The van der Waals surface area contributed by atoms with E-state index in [2.05, 4.69) is 38.1 Å². The summed E-state index contributed by atoms with van der Waals surface area (Å²) >= 11 is 1.96. The molecule has 1 rings (SSSR count). The molecule has 4 nitrogen and oxygen atoms in total. The van der Waals surface area contributed by atoms with Gasteiger partial charge in [-0.1, -0.05) is 70.2 Å². The van der Waals surface area contributed by atoms with Crippen molar-refractivity contribution in [2.45, 2.75) is 122 Å². The van der Waals surface area contributed by atoms with Crippen molar-refractivity contribution in [3.05, 3.63) is 35.4 Å². The van der Waals surface area contributed by atoms with Crippen LogP contribution in [-0.2, 0) is 31.2 Å². The van der Waals surface area contributed by atoms with Crippen molar-refractivity contribution in [2.75, 3.05) is 12.9 Å². The summed E-state index contributed by atoms with van der Waals surface area (Å²) in [5.74, 6) is 1.98.